The topological polar surface area (TPSA) is 68.1 Å². The molecule has 0 bridgehead atoms. The van der Waals surface area contributed by atoms with E-state index in [0.717, 1.165) is 17.7 Å². The van der Waals surface area contributed by atoms with Crippen molar-refractivity contribution in [3.63, 3.8) is 0 Å². The van der Waals surface area contributed by atoms with Crippen LogP contribution >= 0.6 is 13.5 Å². The number of amides is 1. The lowest BCUT2D eigenvalue weighted by molar-refractivity contribution is -0.137. The predicted octanol–water partition coefficient (Wildman–Crippen LogP) is 4.36. The number of benzene rings is 1. The number of ketones is 1. The molecule has 0 aliphatic carbocycles. The maximum atomic E-state index is 13.2. The molecule has 6 nitrogen and oxygen atoms in total. The van der Waals surface area contributed by atoms with Crippen LogP contribution in [0.4, 0.5) is 18.9 Å². The zero-order valence-corrected chi connectivity index (χ0v) is 18.3. The second kappa shape index (κ2) is 8.78. The maximum absolute atomic E-state index is 13.2. The molecule has 10 heteroatoms. The van der Waals surface area contributed by atoms with Gasteiger partial charge in [-0.2, -0.15) is 31.8 Å². The first-order valence-electron chi connectivity index (χ1n) is 9.66. The normalized spacial score (nSPS) is 15.8. The van der Waals surface area contributed by atoms with Crippen molar-refractivity contribution in [1.82, 2.24) is 14.8 Å². The quantitative estimate of drug-likeness (QED) is 0.540. The molecule has 2 aromatic heterocycles. The second-order valence-corrected chi connectivity index (χ2v) is 7.56. The molecule has 1 amide bonds. The van der Waals surface area contributed by atoms with E-state index in [4.69, 9.17) is 0 Å². The van der Waals surface area contributed by atoms with Crippen LogP contribution in [0.25, 0.3) is 0 Å². The Bertz CT molecular complexity index is 1160. The van der Waals surface area contributed by atoms with Crippen molar-refractivity contribution in [1.29, 1.82) is 0 Å². The highest BCUT2D eigenvalue weighted by Gasteiger charge is 2.35. The van der Waals surface area contributed by atoms with Gasteiger partial charge in [0.15, 0.2) is 5.78 Å². The number of aryl methyl sites for hydroxylation is 1. The zero-order chi connectivity index (χ0) is 22.3. The van der Waals surface area contributed by atoms with Crippen LogP contribution in [0.2, 0.25) is 0 Å². The molecule has 3 aromatic rings. The summed E-state index contributed by atoms with van der Waals surface area (Å²) >= 11 is 0. The lowest BCUT2D eigenvalue weighted by Crippen LogP contribution is -2.43. The minimum Gasteiger partial charge on any atom is -0.305 e. The Morgan fingerprint density at radius 3 is 2.47 bits per heavy atom. The number of hydrogen-bond donors (Lipinski definition) is 0. The molecule has 0 saturated heterocycles. The number of carbonyl (C=O) groups is 2. The molecule has 1 aromatic carbocycles. The van der Waals surface area contributed by atoms with Gasteiger partial charge in [0.25, 0.3) is 5.91 Å². The third kappa shape index (κ3) is 4.27. The van der Waals surface area contributed by atoms with E-state index in [2.05, 4.69) is 10.1 Å². The van der Waals surface area contributed by atoms with Crippen molar-refractivity contribution < 1.29 is 22.8 Å². The molecule has 3 heterocycles. The van der Waals surface area contributed by atoms with Crippen molar-refractivity contribution in [2.24, 2.45) is 0 Å². The molecule has 1 atom stereocenters. The summed E-state index contributed by atoms with van der Waals surface area (Å²) in [5, 5.41) is 4.28. The highest BCUT2D eigenvalue weighted by Crippen LogP contribution is 2.33. The summed E-state index contributed by atoms with van der Waals surface area (Å²) < 4.78 is 40.2. The monoisotopic (exact) mass is 462 g/mol. The first-order chi connectivity index (χ1) is 14.7. The zero-order valence-electron chi connectivity index (χ0n) is 17.3. The molecule has 168 valence electrons. The van der Waals surface area contributed by atoms with Gasteiger partial charge in [0.05, 0.1) is 17.8 Å². The van der Waals surface area contributed by atoms with Gasteiger partial charge in [-0.25, -0.2) is 0 Å². The van der Waals surface area contributed by atoms with Crippen LogP contribution in [0.1, 0.15) is 50.5 Å². The van der Waals surface area contributed by atoms with Crippen molar-refractivity contribution in [2.45, 2.75) is 32.5 Å². The molecule has 32 heavy (non-hydrogen) atoms. The minimum absolute atomic E-state index is 0. The van der Waals surface area contributed by atoms with Gasteiger partial charge >= 0.3 is 6.18 Å². The maximum Gasteiger partial charge on any atom is 0.416 e. The van der Waals surface area contributed by atoms with Gasteiger partial charge in [0.2, 0.25) is 0 Å². The molecule has 0 saturated carbocycles. The number of Topliss-reactive ketones (excluding diaryl/α,β-unsaturated/α-hetero) is 1. The fraction of sp³-hybridized carbons (Fsp3) is 0.273. The Labute approximate surface area is 189 Å². The van der Waals surface area contributed by atoms with Crippen molar-refractivity contribution in [3.8, 4) is 0 Å². The number of halogens is 3. The Hall–Kier alpha value is -3.14. The molecular formula is C22H21F3N4O2S. The van der Waals surface area contributed by atoms with Crippen LogP contribution in [0.3, 0.4) is 0 Å². The molecule has 4 rings (SSSR count). The highest BCUT2D eigenvalue weighted by atomic mass is 32.1. The summed E-state index contributed by atoms with van der Waals surface area (Å²) in [6.45, 7) is 3.92. The molecule has 1 aliphatic heterocycles. The number of alkyl halides is 3. The first-order valence-corrected chi connectivity index (χ1v) is 9.66. The average Bonchev–Trinajstić information content (AvgIpc) is 3.15. The van der Waals surface area contributed by atoms with E-state index >= 15 is 0 Å². The average molecular weight is 462 g/mol. The van der Waals surface area contributed by atoms with Gasteiger partial charge in [-0.3, -0.25) is 19.3 Å². The Morgan fingerprint density at radius 2 is 1.84 bits per heavy atom. The van der Waals surface area contributed by atoms with Crippen LogP contribution in [0.5, 0.6) is 0 Å². The smallest absolute Gasteiger partial charge is 0.305 e. The molecule has 0 spiro atoms. The van der Waals surface area contributed by atoms with Gasteiger partial charge in [-0.15, -0.1) is 0 Å². The number of anilines is 1. The summed E-state index contributed by atoms with van der Waals surface area (Å²) in [6.07, 6.45) is 0.118. The summed E-state index contributed by atoms with van der Waals surface area (Å²) in [5.74, 6) is -0.588. The predicted molar refractivity (Wildman–Crippen MR) is 117 cm³/mol. The molecule has 0 unspecified atom stereocenters. The highest BCUT2D eigenvalue weighted by molar-refractivity contribution is 7.59. The van der Waals surface area contributed by atoms with E-state index < -0.39 is 17.6 Å². The number of rotatable bonds is 4. The number of aromatic nitrogens is 3. The molecular weight excluding hydrogens is 441 g/mol. The molecule has 0 fully saturated rings. The number of carbonyl (C=O) groups excluding carboxylic acids is 2. The lowest BCUT2D eigenvalue weighted by Gasteiger charge is -2.32. The largest absolute Gasteiger partial charge is 0.416 e. The molecule has 0 radical (unpaired) electrons. The van der Waals surface area contributed by atoms with E-state index in [9.17, 15) is 22.8 Å². The number of pyridine rings is 1. The summed E-state index contributed by atoms with van der Waals surface area (Å²) in [7, 11) is 0. The first kappa shape index (κ1) is 23.5. The molecule has 0 N–H and O–H groups in total. The van der Waals surface area contributed by atoms with Gasteiger partial charge in [-0.1, -0.05) is 0 Å². The summed E-state index contributed by atoms with van der Waals surface area (Å²) in [5.41, 5.74) is 1.58. The third-order valence-corrected chi connectivity index (χ3v) is 5.38. The number of nitrogens with zero attached hydrogens (tertiary/aromatic N) is 4. The van der Waals surface area contributed by atoms with Crippen LogP contribution in [0.15, 0.2) is 48.9 Å². The van der Waals surface area contributed by atoms with Crippen LogP contribution in [0, 0.1) is 6.92 Å². The number of fused-ring (bicyclic) bond motifs is 1. The van der Waals surface area contributed by atoms with Crippen LogP contribution in [-0.4, -0.2) is 33.0 Å². The number of hydrogen-bond acceptors (Lipinski definition) is 4. The standard InChI is InChI=1S/C22H19F3N4O2.H2S/c1-13-7-8-26-11-18(13)19(30)9-15-10-27-29-14(2)12-28(21(31)20(15)29)17-5-3-16(4-6-17)22(23,24)25;/h3-8,10-11,14H,9,12H2,1-2H3;1H2/t14-;/m0./s1. The molecule has 1 aliphatic rings. The van der Waals surface area contributed by atoms with Crippen LogP contribution < -0.4 is 4.90 Å². The Kier molecular flexibility index (Phi) is 6.45. The Balaban J connectivity index is 0.00000289. The third-order valence-electron chi connectivity index (χ3n) is 5.38. The van der Waals surface area contributed by atoms with E-state index in [0.29, 0.717) is 16.8 Å². The fourth-order valence-corrected chi connectivity index (χ4v) is 3.73. The van der Waals surface area contributed by atoms with Crippen molar-refractivity contribution in [2.75, 3.05) is 11.4 Å². The van der Waals surface area contributed by atoms with Gasteiger partial charge < -0.3 is 4.90 Å². The summed E-state index contributed by atoms with van der Waals surface area (Å²) in [6, 6.07) is 6.00. The van der Waals surface area contributed by atoms with Gasteiger partial charge in [0.1, 0.15) is 5.69 Å². The fourth-order valence-electron chi connectivity index (χ4n) is 3.73. The Morgan fingerprint density at radius 1 is 1.16 bits per heavy atom. The van der Waals surface area contributed by atoms with Crippen molar-refractivity contribution in [3.05, 3.63) is 76.9 Å². The van der Waals surface area contributed by atoms with E-state index in [-0.39, 0.29) is 44.0 Å². The van der Waals surface area contributed by atoms with Gasteiger partial charge in [0, 0.05) is 42.2 Å². The SMILES string of the molecule is Cc1ccncc1C(=O)Cc1cnn2c1C(=O)N(c1ccc(C(F)(F)F)cc1)C[C@@H]2C.S. The van der Waals surface area contributed by atoms with E-state index in [1.165, 1.54) is 29.4 Å². The second-order valence-electron chi connectivity index (χ2n) is 7.56. The van der Waals surface area contributed by atoms with Gasteiger partial charge in [-0.05, 0) is 49.7 Å². The van der Waals surface area contributed by atoms with E-state index in [1.807, 2.05) is 13.8 Å². The lowest BCUT2D eigenvalue weighted by atomic mass is 10.00. The summed E-state index contributed by atoms with van der Waals surface area (Å²) in [4.78, 5) is 31.4. The van der Waals surface area contributed by atoms with E-state index in [1.54, 1.807) is 16.9 Å². The van der Waals surface area contributed by atoms with Crippen molar-refractivity contribution >= 4 is 30.9 Å². The minimum atomic E-state index is -4.45. The van der Waals surface area contributed by atoms with Crippen LogP contribution in [-0.2, 0) is 12.6 Å².